The average molecular weight is 487 g/mol. The van der Waals surface area contributed by atoms with Crippen LogP contribution in [0.5, 0.6) is 5.75 Å². The second-order valence-corrected chi connectivity index (χ2v) is 9.88. The number of hydrogen-bond donors (Lipinski definition) is 2. The molecule has 1 aliphatic heterocycles. The van der Waals surface area contributed by atoms with E-state index in [4.69, 9.17) is 21.3 Å². The summed E-state index contributed by atoms with van der Waals surface area (Å²) < 4.78 is 6.24. The van der Waals surface area contributed by atoms with Gasteiger partial charge in [0.05, 0.1) is 18.0 Å². The molecule has 0 saturated carbocycles. The second-order valence-electron chi connectivity index (χ2n) is 9.47. The van der Waals surface area contributed by atoms with E-state index in [9.17, 15) is 0 Å². The molecular weight excluding hydrogens is 456 g/mol. The average Bonchev–Trinajstić information content (AvgIpc) is 2.87. The highest BCUT2D eigenvalue weighted by molar-refractivity contribution is 6.33. The summed E-state index contributed by atoms with van der Waals surface area (Å²) in [6.45, 7) is 8.37. The third-order valence-corrected chi connectivity index (χ3v) is 6.79. The lowest BCUT2D eigenvalue weighted by molar-refractivity contribution is 0.243. The molecule has 0 spiro atoms. The highest BCUT2D eigenvalue weighted by Gasteiger charge is 2.21. The number of nitrogens with zero attached hydrogens (tertiary/aromatic N) is 2. The minimum atomic E-state index is 0.0492. The number of ether oxygens (including phenoxy) is 1. The van der Waals surface area contributed by atoms with E-state index in [1.54, 1.807) is 6.20 Å². The molecule has 1 aliphatic rings. The van der Waals surface area contributed by atoms with Gasteiger partial charge in [-0.05, 0) is 92.7 Å². The van der Waals surface area contributed by atoms with Crippen molar-refractivity contribution in [3.8, 4) is 17.1 Å². The van der Waals surface area contributed by atoms with Crippen molar-refractivity contribution in [3.63, 3.8) is 0 Å². The van der Waals surface area contributed by atoms with E-state index >= 15 is 0 Å². The van der Waals surface area contributed by atoms with Crippen molar-refractivity contribution >= 4 is 33.9 Å². The molecule has 6 heteroatoms. The molecule has 1 aromatic heterocycles. The van der Waals surface area contributed by atoms with Crippen molar-refractivity contribution < 1.29 is 4.74 Å². The van der Waals surface area contributed by atoms with Gasteiger partial charge in [0.1, 0.15) is 10.8 Å². The zero-order valence-electron chi connectivity index (χ0n) is 20.4. The Kier molecular flexibility index (Phi) is 6.89. The molecule has 5 nitrogen and oxygen atoms in total. The number of halogens is 1. The van der Waals surface area contributed by atoms with Crippen molar-refractivity contribution in [1.29, 1.82) is 0 Å². The lowest BCUT2D eigenvalue weighted by Gasteiger charge is -2.26. The minimum absolute atomic E-state index is 0.0492. The molecule has 0 bridgehead atoms. The molecular formula is C29H31ClN4O. The molecule has 0 unspecified atom stereocenters. The van der Waals surface area contributed by atoms with Crippen molar-refractivity contribution in [2.75, 3.05) is 18.4 Å². The maximum atomic E-state index is 6.54. The van der Waals surface area contributed by atoms with Gasteiger partial charge in [-0.25, -0.2) is 9.97 Å². The standard InChI is InChI=1S/C29H31ClN4O/c1-18(2)35-27-16-24(21-10-12-31-13-11-21)19(3)14-26(27)33-29-25(30)17-32-28(34-29)23-9-8-20-6-4-5-7-22(20)15-23/h4-9,14-18,21,31H,10-13H2,1-3H3,(H,32,33,34). The zero-order chi connectivity index (χ0) is 24.4. The predicted molar refractivity (Wildman–Crippen MR) is 145 cm³/mol. The van der Waals surface area contributed by atoms with Gasteiger partial charge in [-0.15, -0.1) is 0 Å². The van der Waals surface area contributed by atoms with Crippen LogP contribution in [0, 0.1) is 6.92 Å². The van der Waals surface area contributed by atoms with Crippen LogP contribution in [-0.4, -0.2) is 29.2 Å². The van der Waals surface area contributed by atoms with Crippen LogP contribution in [-0.2, 0) is 0 Å². The van der Waals surface area contributed by atoms with E-state index in [-0.39, 0.29) is 6.10 Å². The van der Waals surface area contributed by atoms with Gasteiger partial charge in [0, 0.05) is 5.56 Å². The maximum Gasteiger partial charge on any atom is 0.161 e. The van der Waals surface area contributed by atoms with Crippen molar-refractivity contribution in [2.24, 2.45) is 0 Å². The number of fused-ring (bicyclic) bond motifs is 1. The Morgan fingerprint density at radius 2 is 1.80 bits per heavy atom. The number of benzene rings is 3. The van der Waals surface area contributed by atoms with Gasteiger partial charge in [-0.2, -0.15) is 0 Å². The predicted octanol–water partition coefficient (Wildman–Crippen LogP) is 7.26. The van der Waals surface area contributed by atoms with Crippen LogP contribution in [0.2, 0.25) is 5.02 Å². The number of anilines is 2. The third-order valence-electron chi connectivity index (χ3n) is 6.51. The van der Waals surface area contributed by atoms with E-state index in [1.807, 2.05) is 32.0 Å². The van der Waals surface area contributed by atoms with E-state index in [0.29, 0.717) is 22.6 Å². The Labute approximate surface area is 211 Å². The summed E-state index contributed by atoms with van der Waals surface area (Å²) in [6.07, 6.45) is 3.98. The van der Waals surface area contributed by atoms with E-state index in [1.165, 1.54) is 16.5 Å². The quantitative estimate of drug-likeness (QED) is 0.300. The molecule has 3 aromatic carbocycles. The molecule has 0 aliphatic carbocycles. The van der Waals surface area contributed by atoms with Crippen LogP contribution in [0.3, 0.4) is 0 Å². The highest BCUT2D eigenvalue weighted by Crippen LogP contribution is 2.38. The number of aromatic nitrogens is 2. The largest absolute Gasteiger partial charge is 0.489 e. The van der Waals surface area contributed by atoms with Gasteiger partial charge >= 0.3 is 0 Å². The monoisotopic (exact) mass is 486 g/mol. The number of piperidine rings is 1. The molecule has 0 atom stereocenters. The topological polar surface area (TPSA) is 59.1 Å². The van der Waals surface area contributed by atoms with Crippen LogP contribution < -0.4 is 15.4 Å². The van der Waals surface area contributed by atoms with Gasteiger partial charge < -0.3 is 15.4 Å². The Morgan fingerprint density at radius 3 is 2.57 bits per heavy atom. The number of nitrogens with one attached hydrogen (secondary N) is 2. The number of hydrogen-bond acceptors (Lipinski definition) is 5. The molecule has 5 rings (SSSR count). The fraction of sp³-hybridized carbons (Fsp3) is 0.310. The van der Waals surface area contributed by atoms with Gasteiger partial charge in [0.15, 0.2) is 11.6 Å². The second kappa shape index (κ2) is 10.2. The van der Waals surface area contributed by atoms with E-state index < -0.39 is 0 Å². The molecule has 0 radical (unpaired) electrons. The zero-order valence-corrected chi connectivity index (χ0v) is 21.2. The Bertz CT molecular complexity index is 1350. The smallest absolute Gasteiger partial charge is 0.161 e. The van der Waals surface area contributed by atoms with E-state index in [0.717, 1.165) is 48.3 Å². The molecule has 2 heterocycles. The summed E-state index contributed by atoms with van der Waals surface area (Å²) in [4.78, 5) is 9.29. The molecule has 1 saturated heterocycles. The molecule has 0 amide bonds. The minimum Gasteiger partial charge on any atom is -0.489 e. The van der Waals surface area contributed by atoms with Crippen LogP contribution >= 0.6 is 11.6 Å². The molecule has 2 N–H and O–H groups in total. The van der Waals surface area contributed by atoms with Crippen LogP contribution in [0.1, 0.15) is 43.7 Å². The fourth-order valence-electron chi connectivity index (χ4n) is 4.78. The molecule has 180 valence electrons. The first-order valence-electron chi connectivity index (χ1n) is 12.3. The summed E-state index contributed by atoms with van der Waals surface area (Å²) in [5.74, 6) is 2.55. The molecule has 35 heavy (non-hydrogen) atoms. The fourth-order valence-corrected chi connectivity index (χ4v) is 4.91. The maximum absolute atomic E-state index is 6.54. The summed E-state index contributed by atoms with van der Waals surface area (Å²) in [5.41, 5.74) is 4.41. The van der Waals surface area contributed by atoms with Gasteiger partial charge in [-0.1, -0.05) is 48.0 Å². The summed E-state index contributed by atoms with van der Waals surface area (Å²) in [5, 5.41) is 9.70. The van der Waals surface area contributed by atoms with Crippen LogP contribution in [0.4, 0.5) is 11.5 Å². The SMILES string of the molecule is Cc1cc(Nc2nc(-c3ccc4ccccc4c3)ncc2Cl)c(OC(C)C)cc1C1CCNCC1. The lowest BCUT2D eigenvalue weighted by atomic mass is 9.87. The summed E-state index contributed by atoms with van der Waals surface area (Å²) in [6, 6.07) is 18.9. The van der Waals surface area contributed by atoms with E-state index in [2.05, 4.69) is 58.9 Å². The van der Waals surface area contributed by atoms with Crippen molar-refractivity contribution in [3.05, 3.63) is 76.9 Å². The van der Waals surface area contributed by atoms with Gasteiger partial charge in [-0.3, -0.25) is 0 Å². The Hall–Kier alpha value is -3.15. The Morgan fingerprint density at radius 1 is 1.03 bits per heavy atom. The Balaban J connectivity index is 1.50. The first kappa shape index (κ1) is 23.6. The molecule has 4 aromatic rings. The normalized spacial score (nSPS) is 14.4. The van der Waals surface area contributed by atoms with Gasteiger partial charge in [0.2, 0.25) is 0 Å². The first-order valence-corrected chi connectivity index (χ1v) is 12.7. The number of aryl methyl sites for hydroxylation is 1. The van der Waals surface area contributed by atoms with Crippen LogP contribution in [0.25, 0.3) is 22.2 Å². The summed E-state index contributed by atoms with van der Waals surface area (Å²) >= 11 is 6.54. The van der Waals surface area contributed by atoms with Crippen molar-refractivity contribution in [1.82, 2.24) is 15.3 Å². The summed E-state index contributed by atoms with van der Waals surface area (Å²) in [7, 11) is 0. The molecule has 1 fully saturated rings. The first-order chi connectivity index (χ1) is 17.0. The highest BCUT2D eigenvalue weighted by atomic mass is 35.5. The van der Waals surface area contributed by atoms with Crippen molar-refractivity contribution in [2.45, 2.75) is 45.6 Å². The van der Waals surface area contributed by atoms with Crippen LogP contribution in [0.15, 0.2) is 60.8 Å². The lowest BCUT2D eigenvalue weighted by Crippen LogP contribution is -2.27. The third kappa shape index (κ3) is 5.26. The van der Waals surface area contributed by atoms with Gasteiger partial charge in [0.25, 0.3) is 0 Å². The number of rotatable bonds is 6.